The molecular formula is C52H75N3O10. The van der Waals surface area contributed by atoms with Crippen molar-refractivity contribution in [2.24, 2.45) is 22.9 Å². The van der Waals surface area contributed by atoms with Crippen molar-refractivity contribution in [3.63, 3.8) is 0 Å². The first-order valence-corrected chi connectivity index (χ1v) is 24.7. The Labute approximate surface area is 386 Å². The molecule has 4 aliphatic rings. The lowest BCUT2D eigenvalue weighted by atomic mass is 9.55. The predicted molar refractivity (Wildman–Crippen MR) is 251 cm³/mol. The zero-order valence-corrected chi connectivity index (χ0v) is 39.2. The average Bonchev–Trinajstić information content (AvgIpc) is 3.78. The van der Waals surface area contributed by atoms with Gasteiger partial charge in [0.2, 0.25) is 18.5 Å². The van der Waals surface area contributed by atoms with E-state index in [-0.39, 0.29) is 56.8 Å². The normalized spacial score (nSPS) is 23.2. The molecule has 2 amide bonds. The van der Waals surface area contributed by atoms with E-state index >= 15 is 4.79 Å². The lowest BCUT2D eigenvalue weighted by Gasteiger charge is -2.60. The van der Waals surface area contributed by atoms with E-state index in [0.29, 0.717) is 61.8 Å². The van der Waals surface area contributed by atoms with Crippen molar-refractivity contribution >= 4 is 17.7 Å². The molecule has 2 aromatic carbocycles. The Hall–Kier alpha value is -4.59. The van der Waals surface area contributed by atoms with Crippen molar-refractivity contribution in [1.29, 1.82) is 0 Å². The van der Waals surface area contributed by atoms with Crippen LogP contribution in [0.1, 0.15) is 147 Å². The van der Waals surface area contributed by atoms with Crippen LogP contribution in [-0.2, 0) is 20.9 Å². The number of hydrogen-bond donors (Lipinski definition) is 3. The van der Waals surface area contributed by atoms with E-state index < -0.39 is 23.8 Å². The maximum Gasteiger partial charge on any atom is 0.412 e. The molecule has 2 aromatic rings. The summed E-state index contributed by atoms with van der Waals surface area (Å²) in [7, 11) is 0. The summed E-state index contributed by atoms with van der Waals surface area (Å²) < 4.78 is 31.9. The van der Waals surface area contributed by atoms with E-state index in [2.05, 4.69) is 24.9 Å². The lowest BCUT2D eigenvalue weighted by Crippen LogP contribution is -2.70. The highest BCUT2D eigenvalue weighted by molar-refractivity contribution is 6.03. The highest BCUT2D eigenvalue weighted by Gasteiger charge is 2.65. The maximum absolute atomic E-state index is 15.2. The molecule has 13 heteroatoms. The third kappa shape index (κ3) is 12.5. The number of nitrogens with zero attached hydrogens (tertiary/aromatic N) is 2. The summed E-state index contributed by atoms with van der Waals surface area (Å²) in [6.45, 7) is 11.6. The molecule has 3 N–H and O–H groups in total. The van der Waals surface area contributed by atoms with Gasteiger partial charge in [0, 0.05) is 50.6 Å². The number of ether oxygens (including phenoxy) is 5. The fourth-order valence-corrected chi connectivity index (χ4v) is 10.5. The average molecular weight is 902 g/mol. The van der Waals surface area contributed by atoms with Crippen LogP contribution < -0.4 is 24.3 Å². The van der Waals surface area contributed by atoms with Gasteiger partial charge in [-0.1, -0.05) is 94.5 Å². The third-order valence-electron chi connectivity index (χ3n) is 13.5. The summed E-state index contributed by atoms with van der Waals surface area (Å²) in [6.07, 6.45) is 18.9. The van der Waals surface area contributed by atoms with E-state index in [1.165, 1.54) is 38.5 Å². The van der Waals surface area contributed by atoms with Crippen molar-refractivity contribution in [3.05, 3.63) is 71.8 Å². The minimum Gasteiger partial charge on any atom is -0.459 e. The summed E-state index contributed by atoms with van der Waals surface area (Å²) in [6, 6.07) is 10.7. The van der Waals surface area contributed by atoms with E-state index in [1.54, 1.807) is 12.1 Å². The molecule has 0 spiro atoms. The molecule has 358 valence electrons. The number of aliphatic hydroxyl groups excluding tert-OH is 2. The number of carbonyl (C=O) groups is 2. The summed E-state index contributed by atoms with van der Waals surface area (Å²) in [5.74, 6) is 0.201. The second-order valence-corrected chi connectivity index (χ2v) is 17.9. The van der Waals surface area contributed by atoms with Gasteiger partial charge in [-0.2, -0.15) is 0 Å². The van der Waals surface area contributed by atoms with Gasteiger partial charge < -0.3 is 49.0 Å². The number of fused-ring (bicyclic) bond motifs is 3. The van der Waals surface area contributed by atoms with E-state index in [9.17, 15) is 15.0 Å². The standard InChI is InChI=1S/C52H75N3O10/c1-5-9-10-11-12-13-14-15-16-23-48(58)55(35-37-24-26-45-46(31-37)61-36-60-45)47-34-43(54-63-8-4)41-32-38(21-17-19-28-56)40(22-18-20-29-57)49-42-33-39(64-51(59)53-7-3)25-27-44(42)65-52(47,50(41)49)62-30-6-2/h6,24-27,31-33,38,40,47,49-50,56-57H,2,5,7-23,28-30,34-36H2,1,3-4H3,(H,53,59)/t38-,40+,47-,49+,50+,52+/m0/s1. The minimum absolute atomic E-state index is 0.00537. The Balaban J connectivity index is 1.49. The van der Waals surface area contributed by atoms with E-state index in [0.717, 1.165) is 67.4 Å². The van der Waals surface area contributed by atoms with Crippen LogP contribution in [0.25, 0.3) is 0 Å². The minimum atomic E-state index is -1.42. The van der Waals surface area contributed by atoms with Crippen LogP contribution in [0.3, 0.4) is 0 Å². The molecule has 6 atom stereocenters. The molecule has 6 rings (SSSR count). The Morgan fingerprint density at radius 3 is 2.34 bits per heavy atom. The molecule has 65 heavy (non-hydrogen) atoms. The number of rotatable bonds is 28. The highest BCUT2D eigenvalue weighted by atomic mass is 16.7. The molecule has 2 heterocycles. The zero-order chi connectivity index (χ0) is 46.0. The molecule has 13 nitrogen and oxygen atoms in total. The van der Waals surface area contributed by atoms with Crippen LogP contribution in [0.15, 0.2) is 65.9 Å². The number of nitrogens with one attached hydrogen (secondary N) is 1. The van der Waals surface area contributed by atoms with Crippen LogP contribution in [0.4, 0.5) is 4.79 Å². The van der Waals surface area contributed by atoms with Crippen molar-refractivity contribution in [2.75, 3.05) is 39.8 Å². The highest BCUT2D eigenvalue weighted by Crippen LogP contribution is 2.62. The van der Waals surface area contributed by atoms with Gasteiger partial charge in [0.1, 0.15) is 24.1 Å². The molecule has 0 saturated heterocycles. The van der Waals surface area contributed by atoms with E-state index in [4.69, 9.17) is 33.7 Å². The fraction of sp³-hybridized carbons (Fsp3) is 0.635. The molecule has 2 aliphatic carbocycles. The largest absolute Gasteiger partial charge is 0.459 e. The van der Waals surface area contributed by atoms with Gasteiger partial charge in [-0.3, -0.25) is 4.79 Å². The third-order valence-corrected chi connectivity index (χ3v) is 13.5. The van der Waals surface area contributed by atoms with Crippen LogP contribution in [-0.4, -0.2) is 84.4 Å². The molecular weight excluding hydrogens is 827 g/mol. The molecule has 0 radical (unpaired) electrons. The van der Waals surface area contributed by atoms with E-state index in [1.807, 2.05) is 49.1 Å². The van der Waals surface area contributed by atoms with Crippen LogP contribution in [0.2, 0.25) is 0 Å². The maximum atomic E-state index is 15.2. The van der Waals surface area contributed by atoms with Crippen molar-refractivity contribution in [2.45, 2.75) is 154 Å². The molecule has 2 aliphatic heterocycles. The van der Waals surface area contributed by atoms with Gasteiger partial charge in [-0.25, -0.2) is 4.79 Å². The molecule has 0 bridgehead atoms. The zero-order valence-electron chi connectivity index (χ0n) is 39.2. The number of benzene rings is 2. The Bertz CT molecular complexity index is 1920. The summed E-state index contributed by atoms with van der Waals surface area (Å²) >= 11 is 0. The smallest absolute Gasteiger partial charge is 0.412 e. The second-order valence-electron chi connectivity index (χ2n) is 17.9. The van der Waals surface area contributed by atoms with Crippen LogP contribution >= 0.6 is 0 Å². The number of hydrogen-bond acceptors (Lipinski definition) is 11. The number of amides is 2. The molecule has 0 unspecified atom stereocenters. The van der Waals surface area contributed by atoms with Crippen LogP contribution in [0.5, 0.6) is 23.0 Å². The molecule has 0 aromatic heterocycles. The molecule has 1 fully saturated rings. The van der Waals surface area contributed by atoms with Gasteiger partial charge in [0.25, 0.3) is 0 Å². The number of carbonyl (C=O) groups excluding carboxylic acids is 2. The van der Waals surface area contributed by atoms with Gasteiger partial charge in [-0.05, 0) is 99.3 Å². The number of aliphatic hydroxyl groups is 2. The lowest BCUT2D eigenvalue weighted by molar-refractivity contribution is -0.258. The Kier molecular flexibility index (Phi) is 19.4. The summed E-state index contributed by atoms with van der Waals surface area (Å²) in [5.41, 5.74) is 3.44. The Morgan fingerprint density at radius 1 is 0.892 bits per heavy atom. The van der Waals surface area contributed by atoms with Gasteiger partial charge in [0.15, 0.2) is 11.5 Å². The van der Waals surface area contributed by atoms with Crippen molar-refractivity contribution in [1.82, 2.24) is 10.2 Å². The quantitative estimate of drug-likeness (QED) is 0.0427. The monoisotopic (exact) mass is 902 g/mol. The van der Waals surface area contributed by atoms with Crippen LogP contribution in [0, 0.1) is 17.8 Å². The van der Waals surface area contributed by atoms with Gasteiger partial charge in [0.05, 0.1) is 18.2 Å². The topological polar surface area (TPSA) is 158 Å². The second kappa shape index (κ2) is 25.4. The number of oxime groups is 1. The fourth-order valence-electron chi connectivity index (χ4n) is 10.5. The first-order chi connectivity index (χ1) is 31.8. The van der Waals surface area contributed by atoms with Gasteiger partial charge in [-0.15, -0.1) is 6.58 Å². The number of unbranched alkanes of at least 4 members (excludes halogenated alkanes) is 10. The van der Waals surface area contributed by atoms with Crippen molar-refractivity contribution in [3.8, 4) is 23.0 Å². The Morgan fingerprint density at radius 2 is 1.62 bits per heavy atom. The summed E-state index contributed by atoms with van der Waals surface area (Å²) in [5, 5.41) is 27.5. The summed E-state index contributed by atoms with van der Waals surface area (Å²) in [4.78, 5) is 35.9. The predicted octanol–water partition coefficient (Wildman–Crippen LogP) is 10.1. The van der Waals surface area contributed by atoms with Crippen molar-refractivity contribution < 1.29 is 48.3 Å². The van der Waals surface area contributed by atoms with Gasteiger partial charge >= 0.3 is 6.09 Å². The SMILES string of the molecule is C=CCO[C@@]12Oc3ccc(OC(=O)NCC)cc3[C@H]3[C@H](CCCCO)[C@@H](CCCCO)C=C(C(=NOCC)C[C@@H]1N(Cc1ccc4c(c1)OCO4)C(=O)CCCCCCCCCCC)[C@H]32. The first kappa shape index (κ1) is 49.8. The number of allylic oxidation sites excluding steroid dienone is 1. The molecule has 1 saturated carbocycles. The first-order valence-electron chi connectivity index (χ1n) is 24.7.